The lowest BCUT2D eigenvalue weighted by atomic mass is 9.77. The number of nitrogens with one attached hydrogen (secondary N) is 1. The summed E-state index contributed by atoms with van der Waals surface area (Å²) in [5.74, 6) is 0.789. The predicted octanol–water partition coefficient (Wildman–Crippen LogP) is 3.28. The molecule has 1 N–H and O–H groups in total. The van der Waals surface area contributed by atoms with E-state index in [9.17, 15) is 0 Å². The van der Waals surface area contributed by atoms with Gasteiger partial charge in [0.05, 0.1) is 0 Å². The summed E-state index contributed by atoms with van der Waals surface area (Å²) in [5, 5.41) is 3.52. The molecular weight excluding hydrogens is 220 g/mol. The van der Waals surface area contributed by atoms with E-state index in [2.05, 4.69) is 31.1 Å². The van der Waals surface area contributed by atoms with Crippen LogP contribution in [0.15, 0.2) is 0 Å². The van der Waals surface area contributed by atoms with Gasteiger partial charge in [0.25, 0.3) is 0 Å². The van der Waals surface area contributed by atoms with Crippen molar-refractivity contribution < 1.29 is 0 Å². The molecule has 1 saturated heterocycles. The molecule has 2 unspecified atom stereocenters. The Kier molecular flexibility index (Phi) is 5.08. The van der Waals surface area contributed by atoms with Gasteiger partial charge in [-0.05, 0) is 57.2 Å². The predicted molar refractivity (Wildman–Crippen MR) is 78.9 cm³/mol. The molecule has 1 aliphatic carbocycles. The van der Waals surface area contributed by atoms with Crippen LogP contribution in [0.1, 0.15) is 58.8 Å². The molecule has 2 atom stereocenters. The van der Waals surface area contributed by atoms with Gasteiger partial charge in [0.1, 0.15) is 0 Å². The first-order chi connectivity index (χ1) is 8.69. The monoisotopic (exact) mass is 252 g/mol. The van der Waals surface area contributed by atoms with Crippen LogP contribution in [0.4, 0.5) is 0 Å². The third-order valence-electron chi connectivity index (χ3n) is 5.74. The lowest BCUT2D eigenvalue weighted by Gasteiger charge is -2.41. The second-order valence-corrected chi connectivity index (χ2v) is 6.79. The van der Waals surface area contributed by atoms with Crippen molar-refractivity contribution in [3.8, 4) is 0 Å². The van der Waals surface area contributed by atoms with E-state index in [0.717, 1.165) is 11.3 Å². The standard InChI is InChI=1S/C16H32N2/c1-4-14(2)15(17-3)13-18-11-9-16(10-12-18)7-5-6-8-16/h14-15,17H,4-13H2,1-3H3. The van der Waals surface area contributed by atoms with Gasteiger partial charge in [-0.1, -0.05) is 33.1 Å². The maximum Gasteiger partial charge on any atom is 0.0217 e. The molecular formula is C16H32N2. The van der Waals surface area contributed by atoms with Crippen molar-refractivity contribution in [3.05, 3.63) is 0 Å². The molecule has 0 aromatic heterocycles. The second-order valence-electron chi connectivity index (χ2n) is 6.79. The van der Waals surface area contributed by atoms with Crippen molar-refractivity contribution in [2.45, 2.75) is 64.8 Å². The minimum atomic E-state index is 0.674. The minimum absolute atomic E-state index is 0.674. The number of hydrogen-bond donors (Lipinski definition) is 1. The molecule has 106 valence electrons. The van der Waals surface area contributed by atoms with Crippen LogP contribution in [0.5, 0.6) is 0 Å². The normalized spacial score (nSPS) is 27.5. The molecule has 0 aromatic carbocycles. The number of hydrogen-bond acceptors (Lipinski definition) is 2. The van der Waals surface area contributed by atoms with Crippen molar-refractivity contribution in [3.63, 3.8) is 0 Å². The number of likely N-dealkylation sites (N-methyl/N-ethyl adjacent to an activating group) is 1. The Morgan fingerprint density at radius 2 is 1.72 bits per heavy atom. The van der Waals surface area contributed by atoms with Crippen LogP contribution in [0.2, 0.25) is 0 Å². The van der Waals surface area contributed by atoms with Gasteiger partial charge in [0.2, 0.25) is 0 Å². The molecule has 18 heavy (non-hydrogen) atoms. The van der Waals surface area contributed by atoms with Crippen molar-refractivity contribution >= 4 is 0 Å². The highest BCUT2D eigenvalue weighted by molar-refractivity contribution is 4.90. The van der Waals surface area contributed by atoms with E-state index in [0.29, 0.717) is 6.04 Å². The average Bonchev–Trinajstić information content (AvgIpc) is 2.86. The Morgan fingerprint density at radius 1 is 1.11 bits per heavy atom. The Bertz CT molecular complexity index is 235. The van der Waals surface area contributed by atoms with E-state index in [-0.39, 0.29) is 0 Å². The minimum Gasteiger partial charge on any atom is -0.315 e. The van der Waals surface area contributed by atoms with E-state index in [1.807, 2.05) is 0 Å². The van der Waals surface area contributed by atoms with E-state index in [1.54, 1.807) is 0 Å². The molecule has 0 aromatic rings. The van der Waals surface area contributed by atoms with Gasteiger partial charge >= 0.3 is 0 Å². The van der Waals surface area contributed by atoms with Gasteiger partial charge in [-0.25, -0.2) is 0 Å². The Labute approximate surface area is 114 Å². The van der Waals surface area contributed by atoms with Crippen LogP contribution in [0.3, 0.4) is 0 Å². The molecule has 1 aliphatic heterocycles. The van der Waals surface area contributed by atoms with Crippen molar-refractivity contribution in [2.24, 2.45) is 11.3 Å². The number of likely N-dealkylation sites (tertiary alicyclic amines) is 1. The van der Waals surface area contributed by atoms with Gasteiger partial charge < -0.3 is 10.2 Å². The zero-order valence-corrected chi connectivity index (χ0v) is 12.7. The molecule has 1 saturated carbocycles. The maximum atomic E-state index is 3.52. The van der Waals surface area contributed by atoms with Crippen LogP contribution < -0.4 is 5.32 Å². The quantitative estimate of drug-likeness (QED) is 0.808. The Balaban J connectivity index is 1.78. The highest BCUT2D eigenvalue weighted by Crippen LogP contribution is 2.46. The first-order valence-electron chi connectivity index (χ1n) is 8.09. The SMILES string of the molecule is CCC(C)C(CN1CCC2(CCCC2)CC1)NC. The summed E-state index contributed by atoms with van der Waals surface area (Å²) in [4.78, 5) is 2.71. The maximum absolute atomic E-state index is 3.52. The Morgan fingerprint density at radius 3 is 2.22 bits per heavy atom. The summed E-state index contributed by atoms with van der Waals surface area (Å²) in [6.45, 7) is 8.62. The molecule has 2 rings (SSSR count). The van der Waals surface area contributed by atoms with Crippen molar-refractivity contribution in [2.75, 3.05) is 26.7 Å². The third kappa shape index (κ3) is 3.27. The molecule has 1 heterocycles. The zero-order chi connectivity index (χ0) is 13.0. The van der Waals surface area contributed by atoms with Gasteiger partial charge in [-0.15, -0.1) is 0 Å². The fraction of sp³-hybridized carbons (Fsp3) is 1.00. The van der Waals surface area contributed by atoms with E-state index >= 15 is 0 Å². The molecule has 0 bridgehead atoms. The molecule has 2 fully saturated rings. The van der Waals surface area contributed by atoms with E-state index < -0.39 is 0 Å². The van der Waals surface area contributed by atoms with Gasteiger partial charge in [-0.3, -0.25) is 0 Å². The second kappa shape index (κ2) is 6.38. The summed E-state index contributed by atoms with van der Waals surface area (Å²) in [7, 11) is 2.12. The molecule has 1 spiro atoms. The first kappa shape index (κ1) is 14.3. The Hall–Kier alpha value is -0.0800. The van der Waals surface area contributed by atoms with Gasteiger partial charge in [0.15, 0.2) is 0 Å². The van der Waals surface area contributed by atoms with Crippen LogP contribution >= 0.6 is 0 Å². The van der Waals surface area contributed by atoms with E-state index in [1.165, 1.54) is 64.6 Å². The van der Waals surface area contributed by atoms with Crippen LogP contribution in [-0.2, 0) is 0 Å². The number of piperidine rings is 1. The molecule has 2 aliphatic rings. The smallest absolute Gasteiger partial charge is 0.0217 e. The van der Waals surface area contributed by atoms with Gasteiger partial charge in [-0.2, -0.15) is 0 Å². The summed E-state index contributed by atoms with van der Waals surface area (Å²) < 4.78 is 0. The third-order valence-corrected chi connectivity index (χ3v) is 5.74. The highest BCUT2D eigenvalue weighted by atomic mass is 15.2. The lowest BCUT2D eigenvalue weighted by molar-refractivity contribution is 0.0949. The van der Waals surface area contributed by atoms with Crippen LogP contribution in [-0.4, -0.2) is 37.6 Å². The largest absolute Gasteiger partial charge is 0.315 e. The summed E-state index contributed by atoms with van der Waals surface area (Å²) in [6.07, 6.45) is 10.2. The fourth-order valence-electron chi connectivity index (χ4n) is 3.95. The molecule has 0 amide bonds. The zero-order valence-electron chi connectivity index (χ0n) is 12.7. The van der Waals surface area contributed by atoms with E-state index in [4.69, 9.17) is 0 Å². The summed E-state index contributed by atoms with van der Waals surface area (Å²) >= 11 is 0. The van der Waals surface area contributed by atoms with Crippen LogP contribution in [0.25, 0.3) is 0 Å². The summed E-state index contributed by atoms with van der Waals surface area (Å²) in [5.41, 5.74) is 0.766. The lowest BCUT2D eigenvalue weighted by Crippen LogP contribution is -2.47. The summed E-state index contributed by atoms with van der Waals surface area (Å²) in [6, 6.07) is 0.674. The fourth-order valence-corrected chi connectivity index (χ4v) is 3.95. The average molecular weight is 252 g/mol. The molecule has 2 nitrogen and oxygen atoms in total. The van der Waals surface area contributed by atoms with Gasteiger partial charge in [0, 0.05) is 12.6 Å². The first-order valence-corrected chi connectivity index (χ1v) is 8.09. The van der Waals surface area contributed by atoms with Crippen LogP contribution in [0, 0.1) is 11.3 Å². The van der Waals surface area contributed by atoms with Crippen molar-refractivity contribution in [1.29, 1.82) is 0 Å². The number of rotatable bonds is 5. The topological polar surface area (TPSA) is 15.3 Å². The molecule has 0 radical (unpaired) electrons. The van der Waals surface area contributed by atoms with Crippen molar-refractivity contribution in [1.82, 2.24) is 10.2 Å². The highest BCUT2D eigenvalue weighted by Gasteiger charge is 2.37. The number of nitrogens with zero attached hydrogens (tertiary/aromatic N) is 1. The molecule has 2 heteroatoms.